The zero-order chi connectivity index (χ0) is 19.9. The molecule has 1 amide bonds. The highest BCUT2D eigenvalue weighted by molar-refractivity contribution is 5.82. The van der Waals surface area contributed by atoms with E-state index in [4.69, 9.17) is 15.2 Å². The van der Waals surface area contributed by atoms with Crippen LogP contribution in [0, 0.1) is 0 Å². The second-order valence-electron chi connectivity index (χ2n) is 5.96. The van der Waals surface area contributed by atoms with Gasteiger partial charge in [-0.25, -0.2) is 0 Å². The van der Waals surface area contributed by atoms with E-state index in [1.807, 2.05) is 0 Å². The molecule has 150 valence electrons. The number of amides is 1. The number of para-hydroxylation sites is 1. The molecular formula is C15H17F2NO9. The third-order valence-electron chi connectivity index (χ3n) is 4.12. The number of rotatable bonds is 5. The highest BCUT2D eigenvalue weighted by Crippen LogP contribution is 2.46. The van der Waals surface area contributed by atoms with Gasteiger partial charge in [-0.2, -0.15) is 0 Å². The molecule has 1 unspecified atom stereocenters. The molecule has 6 N–H and O–H groups in total. The number of halogens is 2. The van der Waals surface area contributed by atoms with Gasteiger partial charge in [0, 0.05) is 5.56 Å². The topological polar surface area (TPSA) is 161 Å². The van der Waals surface area contributed by atoms with Crippen LogP contribution < -0.4 is 15.2 Å². The summed E-state index contributed by atoms with van der Waals surface area (Å²) in [4.78, 5) is 11.9. The Bertz CT molecular complexity index is 717. The van der Waals surface area contributed by atoms with Crippen LogP contribution in [0.3, 0.4) is 0 Å². The van der Waals surface area contributed by atoms with Gasteiger partial charge < -0.3 is 45.1 Å². The number of alkyl halides is 2. The quantitative estimate of drug-likeness (QED) is 0.395. The maximum absolute atomic E-state index is 13.3. The Morgan fingerprint density at radius 3 is 2.56 bits per heavy atom. The van der Waals surface area contributed by atoms with Gasteiger partial charge in [-0.1, -0.05) is 12.1 Å². The van der Waals surface area contributed by atoms with Gasteiger partial charge in [0.2, 0.25) is 0 Å². The summed E-state index contributed by atoms with van der Waals surface area (Å²) in [7, 11) is 0. The van der Waals surface area contributed by atoms with Crippen molar-refractivity contribution in [3.8, 4) is 11.5 Å². The molecule has 2 aliphatic rings. The lowest BCUT2D eigenvalue weighted by molar-refractivity contribution is -0.310. The summed E-state index contributed by atoms with van der Waals surface area (Å²) in [6.07, 6.45) is -13.9. The van der Waals surface area contributed by atoms with Gasteiger partial charge in [-0.15, -0.1) is 8.78 Å². The SMILES string of the molecule is NC(=O)C(O[C@@H]1O[C@H](CO)[C@@H](O)[C@H](O)[C@H]1O)c1cccc2c1OC(F)(F)O2. The third kappa shape index (κ3) is 3.67. The number of benzene rings is 1. The largest absolute Gasteiger partial charge is 0.586 e. The van der Waals surface area contributed by atoms with Crippen LogP contribution in [0.15, 0.2) is 18.2 Å². The number of hydrogen-bond acceptors (Lipinski definition) is 9. The number of aliphatic hydroxyl groups is 4. The van der Waals surface area contributed by atoms with E-state index in [-0.39, 0.29) is 11.3 Å². The Labute approximate surface area is 150 Å². The molecule has 1 saturated heterocycles. The van der Waals surface area contributed by atoms with Gasteiger partial charge in [0.05, 0.1) is 6.61 Å². The average Bonchev–Trinajstić information content (AvgIpc) is 2.93. The van der Waals surface area contributed by atoms with Crippen LogP contribution in [-0.4, -0.2) is 69.9 Å². The average molecular weight is 393 g/mol. The van der Waals surface area contributed by atoms with Crippen LogP contribution in [0.5, 0.6) is 11.5 Å². The summed E-state index contributed by atoms with van der Waals surface area (Å²) < 4.78 is 45.8. The lowest BCUT2D eigenvalue weighted by Gasteiger charge is -2.40. The van der Waals surface area contributed by atoms with Crippen LogP contribution in [0.4, 0.5) is 8.78 Å². The first-order valence-electron chi connectivity index (χ1n) is 7.78. The van der Waals surface area contributed by atoms with Crippen molar-refractivity contribution < 1.29 is 52.9 Å². The summed E-state index contributed by atoms with van der Waals surface area (Å²) in [5, 5.41) is 38.7. The summed E-state index contributed by atoms with van der Waals surface area (Å²) in [6, 6.07) is 3.67. The number of ether oxygens (including phenoxy) is 4. The lowest BCUT2D eigenvalue weighted by Crippen LogP contribution is -2.59. The standard InChI is InChI=1S/C15H17F2NO9/c16-15(17)26-6-3-1-2-5(11(6)27-15)12(13(18)23)25-14-10(22)9(21)8(20)7(4-19)24-14/h1-3,7-10,12,14,19-22H,4H2,(H2,18,23)/t7-,8-,9+,10-,12?,14+/m1/s1. The maximum Gasteiger partial charge on any atom is 0.586 e. The molecule has 27 heavy (non-hydrogen) atoms. The molecule has 12 heteroatoms. The molecule has 2 aliphatic heterocycles. The first kappa shape index (κ1) is 19.7. The third-order valence-corrected chi connectivity index (χ3v) is 4.12. The fourth-order valence-electron chi connectivity index (χ4n) is 2.80. The zero-order valence-electron chi connectivity index (χ0n) is 13.6. The van der Waals surface area contributed by atoms with E-state index in [9.17, 15) is 34.0 Å². The molecule has 1 aromatic carbocycles. The van der Waals surface area contributed by atoms with Crippen molar-refractivity contribution >= 4 is 5.91 Å². The summed E-state index contributed by atoms with van der Waals surface area (Å²) in [6.45, 7) is -0.726. The number of nitrogens with two attached hydrogens (primary N) is 1. The first-order chi connectivity index (χ1) is 12.6. The molecule has 0 spiro atoms. The lowest BCUT2D eigenvalue weighted by atomic mass is 9.99. The van der Waals surface area contributed by atoms with Gasteiger partial charge in [-0.3, -0.25) is 4.79 Å². The fraction of sp³-hybridized carbons (Fsp3) is 0.533. The van der Waals surface area contributed by atoms with Crippen LogP contribution >= 0.6 is 0 Å². The van der Waals surface area contributed by atoms with Crippen LogP contribution in [0.25, 0.3) is 0 Å². The second-order valence-corrected chi connectivity index (χ2v) is 5.96. The van der Waals surface area contributed by atoms with E-state index in [1.54, 1.807) is 0 Å². The minimum atomic E-state index is -3.95. The van der Waals surface area contributed by atoms with E-state index >= 15 is 0 Å². The summed E-state index contributed by atoms with van der Waals surface area (Å²) >= 11 is 0. The molecule has 6 atom stereocenters. The fourth-order valence-corrected chi connectivity index (χ4v) is 2.80. The number of carbonyl (C=O) groups is 1. The Kier molecular flexibility index (Phi) is 5.20. The first-order valence-corrected chi connectivity index (χ1v) is 7.78. The molecule has 10 nitrogen and oxygen atoms in total. The Morgan fingerprint density at radius 2 is 1.93 bits per heavy atom. The molecule has 3 rings (SSSR count). The summed E-state index contributed by atoms with van der Waals surface area (Å²) in [5.41, 5.74) is 5.05. The van der Waals surface area contributed by atoms with E-state index in [1.165, 1.54) is 18.2 Å². The predicted octanol–water partition coefficient (Wildman–Crippen LogP) is -1.65. The Hall–Kier alpha value is -2.09. The van der Waals surface area contributed by atoms with Gasteiger partial charge in [0.15, 0.2) is 23.9 Å². The molecule has 2 heterocycles. The van der Waals surface area contributed by atoms with Gasteiger partial charge in [0.1, 0.15) is 24.4 Å². The van der Waals surface area contributed by atoms with Crippen molar-refractivity contribution in [3.63, 3.8) is 0 Å². The van der Waals surface area contributed by atoms with Crippen molar-refractivity contribution in [2.75, 3.05) is 6.61 Å². The van der Waals surface area contributed by atoms with E-state index in [0.29, 0.717) is 0 Å². The normalized spacial score (nSPS) is 32.9. The highest BCUT2D eigenvalue weighted by atomic mass is 19.3. The number of aliphatic hydroxyl groups excluding tert-OH is 4. The monoisotopic (exact) mass is 393 g/mol. The van der Waals surface area contributed by atoms with Gasteiger partial charge >= 0.3 is 6.29 Å². The molecule has 1 aromatic rings. The number of carbonyl (C=O) groups excluding carboxylic acids is 1. The Morgan fingerprint density at radius 1 is 1.22 bits per heavy atom. The van der Waals surface area contributed by atoms with Gasteiger partial charge in [-0.05, 0) is 6.07 Å². The number of fused-ring (bicyclic) bond motifs is 1. The van der Waals surface area contributed by atoms with Crippen molar-refractivity contribution in [2.45, 2.75) is 43.1 Å². The zero-order valence-corrected chi connectivity index (χ0v) is 13.6. The van der Waals surface area contributed by atoms with Crippen molar-refractivity contribution in [2.24, 2.45) is 5.73 Å². The minimum absolute atomic E-state index is 0.228. The molecule has 0 aromatic heterocycles. The molecule has 0 radical (unpaired) electrons. The molecule has 0 saturated carbocycles. The molecule has 1 fully saturated rings. The second kappa shape index (κ2) is 7.14. The van der Waals surface area contributed by atoms with E-state index in [0.717, 1.165) is 0 Å². The molecule has 0 aliphatic carbocycles. The van der Waals surface area contributed by atoms with E-state index < -0.39 is 61.4 Å². The highest BCUT2D eigenvalue weighted by Gasteiger charge is 2.48. The maximum atomic E-state index is 13.3. The minimum Gasteiger partial charge on any atom is -0.395 e. The van der Waals surface area contributed by atoms with Crippen LogP contribution in [0.2, 0.25) is 0 Å². The van der Waals surface area contributed by atoms with E-state index in [2.05, 4.69) is 9.47 Å². The van der Waals surface area contributed by atoms with Crippen LogP contribution in [0.1, 0.15) is 11.7 Å². The number of hydrogen-bond donors (Lipinski definition) is 5. The van der Waals surface area contributed by atoms with Crippen molar-refractivity contribution in [1.29, 1.82) is 0 Å². The molecular weight excluding hydrogens is 376 g/mol. The summed E-state index contributed by atoms with van der Waals surface area (Å²) in [5.74, 6) is -1.99. The smallest absolute Gasteiger partial charge is 0.395 e. The Balaban J connectivity index is 1.88. The number of primary amides is 1. The predicted molar refractivity (Wildman–Crippen MR) is 79.4 cm³/mol. The molecule has 0 bridgehead atoms. The van der Waals surface area contributed by atoms with Crippen molar-refractivity contribution in [1.82, 2.24) is 0 Å². The van der Waals surface area contributed by atoms with Crippen LogP contribution in [-0.2, 0) is 14.3 Å². The van der Waals surface area contributed by atoms with Crippen molar-refractivity contribution in [3.05, 3.63) is 23.8 Å². The van der Waals surface area contributed by atoms with Gasteiger partial charge in [0.25, 0.3) is 5.91 Å².